The minimum absolute atomic E-state index is 0.0181. The fourth-order valence-electron chi connectivity index (χ4n) is 3.46. The average molecular weight is 472 g/mol. The predicted molar refractivity (Wildman–Crippen MR) is 131 cm³/mol. The van der Waals surface area contributed by atoms with Gasteiger partial charge in [-0.25, -0.2) is 9.97 Å². The van der Waals surface area contributed by atoms with Gasteiger partial charge in [-0.1, -0.05) is 13.8 Å². The number of aromatic nitrogens is 3. The van der Waals surface area contributed by atoms with E-state index in [1.165, 1.54) is 0 Å². The van der Waals surface area contributed by atoms with Crippen LogP contribution in [-0.2, 0) is 9.53 Å². The van der Waals surface area contributed by atoms with Crippen molar-refractivity contribution in [3.05, 3.63) is 46.8 Å². The number of nitrogens with one attached hydrogen (secondary N) is 3. The Labute approximate surface area is 198 Å². The summed E-state index contributed by atoms with van der Waals surface area (Å²) < 4.78 is 7.20. The topological polar surface area (TPSA) is 156 Å². The Morgan fingerprint density at radius 1 is 1.38 bits per heavy atom. The van der Waals surface area contributed by atoms with Crippen LogP contribution in [0.25, 0.3) is 5.57 Å². The van der Waals surface area contributed by atoms with Gasteiger partial charge in [0.25, 0.3) is 11.5 Å². The molecule has 0 spiro atoms. The summed E-state index contributed by atoms with van der Waals surface area (Å²) in [5.74, 6) is 0.384. The fraction of sp³-hybridized carbons (Fsp3) is 0.478. The van der Waals surface area contributed by atoms with Crippen LogP contribution in [0, 0.1) is 5.41 Å². The maximum Gasteiger partial charge on any atom is 0.274 e. The minimum atomic E-state index is -0.494. The molecular weight excluding hydrogens is 438 g/mol. The van der Waals surface area contributed by atoms with Gasteiger partial charge in [-0.15, -0.1) is 0 Å². The van der Waals surface area contributed by atoms with Crippen LogP contribution >= 0.6 is 0 Å². The molecule has 1 fully saturated rings. The van der Waals surface area contributed by atoms with E-state index in [1.54, 1.807) is 36.0 Å². The zero-order valence-electron chi connectivity index (χ0n) is 19.8. The number of hydrogen-bond donors (Lipinski definition) is 5. The molecule has 0 aliphatic carbocycles. The number of aliphatic hydroxyl groups is 1. The van der Waals surface area contributed by atoms with Crippen molar-refractivity contribution in [1.29, 1.82) is 0 Å². The monoisotopic (exact) mass is 471 g/mol. The van der Waals surface area contributed by atoms with Gasteiger partial charge in [-0.2, -0.15) is 0 Å². The standard InChI is InChI=1S/C23H33N7O4/c1-23(2,14-31)13-26-21(32)16(11-24)20-28-18(25-3)10-19(29-20)27-17-7-4-8-30(22(17)33)15-6-5-9-34-12-15/h4,7-8,10-11,15,31H,5-6,9,12-14,24H2,1-3H3,(H,26,32)(H2,25,27,28,29). The van der Waals surface area contributed by atoms with E-state index in [2.05, 4.69) is 25.9 Å². The number of nitrogens with two attached hydrogens (primary N) is 1. The summed E-state index contributed by atoms with van der Waals surface area (Å²) in [5, 5.41) is 18.2. The van der Waals surface area contributed by atoms with Gasteiger partial charge in [0.1, 0.15) is 17.3 Å². The summed E-state index contributed by atoms with van der Waals surface area (Å²) in [6, 6.07) is 5.08. The molecule has 3 rings (SSSR count). The summed E-state index contributed by atoms with van der Waals surface area (Å²) in [6.45, 7) is 5.01. The summed E-state index contributed by atoms with van der Waals surface area (Å²) in [4.78, 5) is 34.6. The van der Waals surface area contributed by atoms with Crippen molar-refractivity contribution in [1.82, 2.24) is 19.9 Å². The molecule has 0 bridgehead atoms. The van der Waals surface area contributed by atoms with Gasteiger partial charge in [0.15, 0.2) is 5.82 Å². The van der Waals surface area contributed by atoms with Crippen molar-refractivity contribution in [2.75, 3.05) is 44.0 Å². The summed E-state index contributed by atoms with van der Waals surface area (Å²) >= 11 is 0. The molecule has 184 valence electrons. The van der Waals surface area contributed by atoms with E-state index in [0.29, 0.717) is 30.5 Å². The molecule has 0 saturated carbocycles. The molecule has 1 saturated heterocycles. The lowest BCUT2D eigenvalue weighted by atomic mass is 9.95. The van der Waals surface area contributed by atoms with Crippen molar-refractivity contribution in [3.63, 3.8) is 0 Å². The molecule has 2 aromatic rings. The highest BCUT2D eigenvalue weighted by atomic mass is 16.5. The Hall–Kier alpha value is -3.44. The van der Waals surface area contributed by atoms with Gasteiger partial charge >= 0.3 is 0 Å². The molecule has 1 atom stereocenters. The van der Waals surface area contributed by atoms with Gasteiger partial charge in [-0.3, -0.25) is 9.59 Å². The number of aliphatic hydroxyl groups excluding tert-OH is 1. The quantitative estimate of drug-likeness (QED) is 0.339. The first-order valence-corrected chi connectivity index (χ1v) is 11.2. The fourth-order valence-corrected chi connectivity index (χ4v) is 3.46. The number of pyridine rings is 1. The van der Waals surface area contributed by atoms with E-state index < -0.39 is 11.3 Å². The molecular formula is C23H33N7O4. The lowest BCUT2D eigenvalue weighted by molar-refractivity contribution is -0.116. The number of nitrogens with zero attached hydrogens (tertiary/aromatic N) is 3. The van der Waals surface area contributed by atoms with Crippen molar-refractivity contribution >= 4 is 28.8 Å². The smallest absolute Gasteiger partial charge is 0.274 e. The molecule has 1 aliphatic heterocycles. The van der Waals surface area contributed by atoms with Gasteiger partial charge in [-0.05, 0) is 25.0 Å². The van der Waals surface area contributed by atoms with Crippen LogP contribution in [0.4, 0.5) is 17.3 Å². The third kappa shape index (κ3) is 6.12. The second kappa shape index (κ2) is 11.1. The molecule has 0 radical (unpaired) electrons. The zero-order chi connectivity index (χ0) is 24.7. The van der Waals surface area contributed by atoms with E-state index in [9.17, 15) is 14.7 Å². The van der Waals surface area contributed by atoms with E-state index in [1.807, 2.05) is 13.8 Å². The van der Waals surface area contributed by atoms with Crippen LogP contribution < -0.4 is 27.2 Å². The largest absolute Gasteiger partial charge is 0.404 e. The second-order valence-electron chi connectivity index (χ2n) is 8.93. The number of hydrogen-bond acceptors (Lipinski definition) is 9. The van der Waals surface area contributed by atoms with Crippen LogP contribution in [0.5, 0.6) is 0 Å². The highest BCUT2D eigenvalue weighted by Crippen LogP contribution is 2.21. The Morgan fingerprint density at radius 3 is 2.79 bits per heavy atom. The first-order chi connectivity index (χ1) is 16.3. The van der Waals surface area contributed by atoms with E-state index >= 15 is 0 Å². The molecule has 0 aromatic carbocycles. The third-order valence-corrected chi connectivity index (χ3v) is 5.56. The van der Waals surface area contributed by atoms with Crippen LogP contribution in [0.2, 0.25) is 0 Å². The molecule has 1 aliphatic rings. The maximum atomic E-state index is 13.1. The number of carbonyl (C=O) groups is 1. The van der Waals surface area contributed by atoms with Crippen LogP contribution in [0.1, 0.15) is 38.6 Å². The third-order valence-electron chi connectivity index (χ3n) is 5.56. The molecule has 2 aromatic heterocycles. The first kappa shape index (κ1) is 25.2. The molecule has 11 heteroatoms. The number of carbonyl (C=O) groups excluding carboxylic acids is 1. The van der Waals surface area contributed by atoms with Gasteiger partial charge in [0.05, 0.1) is 18.2 Å². The molecule has 3 heterocycles. The van der Waals surface area contributed by atoms with E-state index in [-0.39, 0.29) is 36.2 Å². The van der Waals surface area contributed by atoms with Gasteiger partial charge < -0.3 is 36.1 Å². The maximum absolute atomic E-state index is 13.1. The predicted octanol–water partition coefficient (Wildman–Crippen LogP) is 1.21. The first-order valence-electron chi connectivity index (χ1n) is 11.2. The number of rotatable bonds is 9. The molecule has 1 unspecified atom stereocenters. The Morgan fingerprint density at radius 2 is 2.15 bits per heavy atom. The molecule has 1 amide bonds. The normalized spacial score (nSPS) is 16.7. The Balaban J connectivity index is 1.87. The van der Waals surface area contributed by atoms with E-state index in [0.717, 1.165) is 19.0 Å². The summed E-state index contributed by atoms with van der Waals surface area (Å²) in [7, 11) is 1.68. The van der Waals surface area contributed by atoms with Crippen molar-refractivity contribution < 1.29 is 14.6 Å². The van der Waals surface area contributed by atoms with Crippen molar-refractivity contribution in [2.24, 2.45) is 11.1 Å². The van der Waals surface area contributed by atoms with E-state index in [4.69, 9.17) is 10.5 Å². The van der Waals surface area contributed by atoms with Crippen LogP contribution in [-0.4, -0.2) is 59.0 Å². The van der Waals surface area contributed by atoms with Gasteiger partial charge in [0, 0.05) is 50.7 Å². The van der Waals surface area contributed by atoms with Crippen LogP contribution in [0.3, 0.4) is 0 Å². The number of anilines is 3. The minimum Gasteiger partial charge on any atom is -0.404 e. The Bertz CT molecular complexity index is 1090. The lowest BCUT2D eigenvalue weighted by Crippen LogP contribution is -2.36. The Kier molecular flexibility index (Phi) is 8.24. The zero-order valence-corrected chi connectivity index (χ0v) is 19.8. The van der Waals surface area contributed by atoms with Gasteiger partial charge in [0.2, 0.25) is 0 Å². The number of amides is 1. The average Bonchev–Trinajstić information content (AvgIpc) is 2.85. The summed E-state index contributed by atoms with van der Waals surface area (Å²) in [5.41, 5.74) is 5.46. The summed E-state index contributed by atoms with van der Waals surface area (Å²) in [6.07, 6.45) is 4.67. The highest BCUT2D eigenvalue weighted by molar-refractivity contribution is 6.18. The number of ether oxygens (including phenoxy) is 1. The second-order valence-corrected chi connectivity index (χ2v) is 8.93. The molecule has 34 heavy (non-hydrogen) atoms. The SMILES string of the molecule is CNc1cc(Nc2cccn(C3CCCOC3)c2=O)nc(C(=CN)C(=O)NCC(C)(C)CO)n1. The van der Waals surface area contributed by atoms with Crippen LogP contribution in [0.15, 0.2) is 35.4 Å². The molecule has 11 nitrogen and oxygen atoms in total. The van der Waals surface area contributed by atoms with Crippen molar-refractivity contribution in [2.45, 2.75) is 32.7 Å². The highest BCUT2D eigenvalue weighted by Gasteiger charge is 2.22. The molecule has 6 N–H and O–H groups in total. The lowest BCUT2D eigenvalue weighted by Gasteiger charge is -2.24. The van der Waals surface area contributed by atoms with Crippen molar-refractivity contribution in [3.8, 4) is 0 Å².